The molecule has 2 N–H and O–H groups in total. The standard InChI is InChI=1S/C23H25ClN6O4S/c1-4-29-21(20(14(2)3)26-22(32)15-6-5-7-18(12-15)30(33)34)27-28-23(29)35-13-19(31)25-17-10-8-16(24)9-11-17/h5-12,14,20H,4,13H2,1-3H3,(H,25,31)(H,26,32)/t20-/m1/s1. The first kappa shape index (κ1) is 26.2. The average molecular weight is 517 g/mol. The molecule has 0 bridgehead atoms. The Morgan fingerprint density at radius 3 is 2.51 bits per heavy atom. The quantitative estimate of drug-likeness (QED) is 0.226. The Morgan fingerprint density at radius 1 is 1.17 bits per heavy atom. The van der Waals surface area contributed by atoms with Crippen molar-refractivity contribution in [2.45, 2.75) is 38.5 Å². The summed E-state index contributed by atoms with van der Waals surface area (Å²) in [6.07, 6.45) is 0. The molecular weight excluding hydrogens is 492 g/mol. The summed E-state index contributed by atoms with van der Waals surface area (Å²) in [6, 6.07) is 11.9. The van der Waals surface area contributed by atoms with Crippen molar-refractivity contribution in [3.63, 3.8) is 0 Å². The first-order chi connectivity index (χ1) is 16.7. The number of halogens is 1. The van der Waals surface area contributed by atoms with E-state index >= 15 is 0 Å². The van der Waals surface area contributed by atoms with Gasteiger partial charge in [-0.15, -0.1) is 10.2 Å². The number of thioether (sulfide) groups is 1. The number of nitro groups is 1. The number of amides is 2. The Balaban J connectivity index is 1.72. The Morgan fingerprint density at radius 2 is 1.89 bits per heavy atom. The van der Waals surface area contributed by atoms with Gasteiger partial charge in [0.2, 0.25) is 5.91 Å². The van der Waals surface area contributed by atoms with E-state index in [1.807, 2.05) is 25.3 Å². The number of carbonyl (C=O) groups excluding carboxylic acids is 2. The van der Waals surface area contributed by atoms with Crippen molar-refractivity contribution in [1.29, 1.82) is 0 Å². The van der Waals surface area contributed by atoms with Gasteiger partial charge in [-0.25, -0.2) is 0 Å². The number of nitrogens with zero attached hydrogens (tertiary/aromatic N) is 4. The zero-order chi connectivity index (χ0) is 25.5. The second-order valence-corrected chi connectivity index (χ2v) is 9.31. The van der Waals surface area contributed by atoms with Gasteiger partial charge in [0.25, 0.3) is 11.6 Å². The van der Waals surface area contributed by atoms with Crippen LogP contribution in [0.25, 0.3) is 0 Å². The molecule has 0 saturated carbocycles. The van der Waals surface area contributed by atoms with E-state index in [4.69, 9.17) is 11.6 Å². The minimum absolute atomic E-state index is 0.0433. The van der Waals surface area contributed by atoms with Gasteiger partial charge >= 0.3 is 0 Å². The van der Waals surface area contributed by atoms with Gasteiger partial charge in [0.15, 0.2) is 11.0 Å². The summed E-state index contributed by atoms with van der Waals surface area (Å²) in [5.74, 6) is -0.0359. The molecule has 0 saturated heterocycles. The van der Waals surface area contributed by atoms with E-state index in [0.717, 1.165) is 0 Å². The van der Waals surface area contributed by atoms with Gasteiger partial charge < -0.3 is 15.2 Å². The van der Waals surface area contributed by atoms with E-state index < -0.39 is 16.9 Å². The number of anilines is 1. The highest BCUT2D eigenvalue weighted by Crippen LogP contribution is 2.26. The highest BCUT2D eigenvalue weighted by atomic mass is 35.5. The third kappa shape index (κ3) is 6.80. The van der Waals surface area contributed by atoms with Gasteiger partial charge in [-0.2, -0.15) is 0 Å². The second-order valence-electron chi connectivity index (χ2n) is 7.93. The molecule has 2 aromatic carbocycles. The summed E-state index contributed by atoms with van der Waals surface area (Å²) in [5, 5.41) is 26.4. The van der Waals surface area contributed by atoms with Crippen LogP contribution in [0.2, 0.25) is 5.02 Å². The highest BCUT2D eigenvalue weighted by molar-refractivity contribution is 7.99. The lowest BCUT2D eigenvalue weighted by Gasteiger charge is -2.22. The highest BCUT2D eigenvalue weighted by Gasteiger charge is 2.26. The van der Waals surface area contributed by atoms with Crippen molar-refractivity contribution in [2.24, 2.45) is 5.92 Å². The van der Waals surface area contributed by atoms with Crippen LogP contribution in [0.5, 0.6) is 0 Å². The SMILES string of the molecule is CCn1c(SCC(=O)Nc2ccc(Cl)cc2)nnc1[C@H](NC(=O)c1cccc([N+](=O)[O-])c1)C(C)C. The maximum atomic E-state index is 12.9. The van der Waals surface area contributed by atoms with E-state index in [2.05, 4.69) is 20.8 Å². The molecule has 0 unspecified atom stereocenters. The van der Waals surface area contributed by atoms with Crippen molar-refractivity contribution in [3.8, 4) is 0 Å². The Kier molecular flexibility index (Phi) is 8.83. The maximum Gasteiger partial charge on any atom is 0.270 e. The second kappa shape index (κ2) is 11.8. The van der Waals surface area contributed by atoms with Crippen LogP contribution in [0.1, 0.15) is 43.0 Å². The van der Waals surface area contributed by atoms with Crippen LogP contribution in [-0.4, -0.2) is 37.3 Å². The minimum atomic E-state index is -0.545. The number of rotatable bonds is 10. The predicted octanol–water partition coefficient (Wildman–Crippen LogP) is 4.72. The molecule has 1 aromatic heterocycles. The summed E-state index contributed by atoms with van der Waals surface area (Å²) >= 11 is 7.11. The zero-order valence-electron chi connectivity index (χ0n) is 19.4. The van der Waals surface area contributed by atoms with Crippen LogP contribution in [-0.2, 0) is 11.3 Å². The molecule has 35 heavy (non-hydrogen) atoms. The third-order valence-corrected chi connectivity index (χ3v) is 6.29. The first-order valence-electron chi connectivity index (χ1n) is 10.9. The monoisotopic (exact) mass is 516 g/mol. The number of hydrogen-bond donors (Lipinski definition) is 2. The van der Waals surface area contributed by atoms with Crippen molar-refractivity contribution >= 4 is 46.6 Å². The fraction of sp³-hybridized carbons (Fsp3) is 0.304. The molecule has 184 valence electrons. The molecule has 2 amide bonds. The normalized spacial score (nSPS) is 11.8. The Labute approximate surface area is 211 Å². The van der Waals surface area contributed by atoms with E-state index in [9.17, 15) is 19.7 Å². The van der Waals surface area contributed by atoms with Gasteiger partial charge in [0.1, 0.15) is 0 Å². The third-order valence-electron chi connectivity index (χ3n) is 5.07. The molecule has 0 aliphatic rings. The molecule has 12 heteroatoms. The molecule has 0 fully saturated rings. The van der Waals surface area contributed by atoms with Crippen LogP contribution in [0.15, 0.2) is 53.7 Å². The number of non-ortho nitro benzene ring substituents is 1. The summed E-state index contributed by atoms with van der Waals surface area (Å²) in [6.45, 7) is 6.31. The van der Waals surface area contributed by atoms with Crippen LogP contribution < -0.4 is 10.6 Å². The predicted molar refractivity (Wildman–Crippen MR) is 135 cm³/mol. The molecule has 0 aliphatic heterocycles. The van der Waals surface area contributed by atoms with Crippen molar-refractivity contribution in [1.82, 2.24) is 20.1 Å². The van der Waals surface area contributed by atoms with E-state index in [1.165, 1.54) is 36.0 Å². The Hall–Kier alpha value is -3.44. The largest absolute Gasteiger partial charge is 0.342 e. The Bertz CT molecular complexity index is 1210. The van der Waals surface area contributed by atoms with Gasteiger partial charge in [0, 0.05) is 35.0 Å². The van der Waals surface area contributed by atoms with Crippen molar-refractivity contribution in [2.75, 3.05) is 11.1 Å². The summed E-state index contributed by atoms with van der Waals surface area (Å²) < 4.78 is 1.85. The molecular formula is C23H25ClN6O4S. The van der Waals surface area contributed by atoms with Crippen LogP contribution in [0.4, 0.5) is 11.4 Å². The first-order valence-corrected chi connectivity index (χ1v) is 12.2. The minimum Gasteiger partial charge on any atom is -0.342 e. The number of benzene rings is 2. The fourth-order valence-corrected chi connectivity index (χ4v) is 4.24. The van der Waals surface area contributed by atoms with Crippen molar-refractivity contribution < 1.29 is 14.5 Å². The molecule has 1 heterocycles. The van der Waals surface area contributed by atoms with E-state index in [1.54, 1.807) is 24.3 Å². The molecule has 0 spiro atoms. The van der Waals surface area contributed by atoms with Crippen molar-refractivity contribution in [3.05, 3.63) is 75.1 Å². The zero-order valence-corrected chi connectivity index (χ0v) is 21.0. The van der Waals surface area contributed by atoms with Crippen LogP contribution in [0.3, 0.4) is 0 Å². The van der Waals surface area contributed by atoms with E-state index in [0.29, 0.717) is 28.2 Å². The fourth-order valence-electron chi connectivity index (χ4n) is 3.31. The molecule has 3 aromatic rings. The van der Waals surface area contributed by atoms with Gasteiger partial charge in [0.05, 0.1) is 16.7 Å². The molecule has 3 rings (SSSR count). The number of hydrogen-bond acceptors (Lipinski definition) is 7. The lowest BCUT2D eigenvalue weighted by atomic mass is 10.0. The maximum absolute atomic E-state index is 12.9. The summed E-state index contributed by atoms with van der Waals surface area (Å²) in [5.41, 5.74) is 0.660. The number of nitrogens with one attached hydrogen (secondary N) is 2. The lowest BCUT2D eigenvalue weighted by Crippen LogP contribution is -2.33. The van der Waals surface area contributed by atoms with Crippen LogP contribution >= 0.6 is 23.4 Å². The van der Waals surface area contributed by atoms with Gasteiger partial charge in [-0.3, -0.25) is 19.7 Å². The van der Waals surface area contributed by atoms with Gasteiger partial charge in [-0.05, 0) is 43.2 Å². The summed E-state index contributed by atoms with van der Waals surface area (Å²) in [4.78, 5) is 35.7. The lowest BCUT2D eigenvalue weighted by molar-refractivity contribution is -0.384. The molecule has 0 radical (unpaired) electrons. The number of nitro benzene ring substituents is 1. The van der Waals surface area contributed by atoms with Crippen LogP contribution in [0, 0.1) is 16.0 Å². The summed E-state index contributed by atoms with van der Waals surface area (Å²) in [7, 11) is 0. The van der Waals surface area contributed by atoms with E-state index in [-0.39, 0.29) is 28.8 Å². The number of carbonyl (C=O) groups is 2. The smallest absolute Gasteiger partial charge is 0.270 e. The molecule has 0 aliphatic carbocycles. The van der Waals surface area contributed by atoms with Gasteiger partial charge in [-0.1, -0.05) is 43.3 Å². The molecule has 1 atom stereocenters. The number of aromatic nitrogens is 3. The average Bonchev–Trinajstić information content (AvgIpc) is 3.24. The topological polar surface area (TPSA) is 132 Å². The molecule has 10 nitrogen and oxygen atoms in total.